The van der Waals surface area contributed by atoms with E-state index in [1.54, 1.807) is 0 Å². The van der Waals surface area contributed by atoms with Crippen LogP contribution in [0.1, 0.15) is 20.3 Å². The average molecular weight is 194 g/mol. The van der Waals surface area contributed by atoms with Crippen LogP contribution in [0.2, 0.25) is 0 Å². The molecule has 0 aliphatic carbocycles. The molecule has 0 aromatic heterocycles. The van der Waals surface area contributed by atoms with Crippen molar-refractivity contribution in [3.8, 4) is 0 Å². The van der Waals surface area contributed by atoms with Gasteiger partial charge in [0.25, 0.3) is 0 Å². The van der Waals surface area contributed by atoms with Gasteiger partial charge in [-0.1, -0.05) is 19.6 Å². The second kappa shape index (κ2) is 6.30. The molecule has 0 saturated carbocycles. The minimum absolute atomic E-state index is 0.995. The lowest BCUT2D eigenvalue weighted by Gasteiger charge is -2.14. The van der Waals surface area contributed by atoms with Crippen LogP contribution in [0.3, 0.4) is 0 Å². The molecule has 0 bridgehead atoms. The van der Waals surface area contributed by atoms with Gasteiger partial charge in [-0.25, -0.2) is 0 Å². The van der Waals surface area contributed by atoms with Crippen LogP contribution in [0, 0.1) is 0 Å². The van der Waals surface area contributed by atoms with E-state index in [1.165, 1.54) is 17.0 Å². The van der Waals surface area contributed by atoms with Crippen molar-refractivity contribution in [3.63, 3.8) is 0 Å². The van der Waals surface area contributed by atoms with Crippen LogP contribution < -0.4 is 5.32 Å². The molecule has 0 aliphatic heterocycles. The summed E-state index contributed by atoms with van der Waals surface area (Å²) in [6, 6.07) is 0. The highest BCUT2D eigenvalue weighted by atomic mass is 15.1. The van der Waals surface area contributed by atoms with Crippen molar-refractivity contribution >= 4 is 0 Å². The zero-order valence-corrected chi connectivity index (χ0v) is 10.0. The number of hydrogen-bond donors (Lipinski definition) is 1. The van der Waals surface area contributed by atoms with Gasteiger partial charge in [0, 0.05) is 32.5 Å². The summed E-state index contributed by atoms with van der Waals surface area (Å²) in [4.78, 5) is 2.09. The van der Waals surface area contributed by atoms with E-state index >= 15 is 0 Å². The summed E-state index contributed by atoms with van der Waals surface area (Å²) in [5.74, 6) is 0. The zero-order chi connectivity index (χ0) is 11.1. The molecule has 0 unspecified atom stereocenters. The highest BCUT2D eigenvalue weighted by Gasteiger charge is 1.98. The van der Waals surface area contributed by atoms with Crippen molar-refractivity contribution in [2.75, 3.05) is 21.1 Å². The first-order valence-corrected chi connectivity index (χ1v) is 4.95. The number of allylic oxidation sites excluding steroid dienone is 5. The number of hydrogen-bond acceptors (Lipinski definition) is 2. The fourth-order valence-corrected chi connectivity index (χ4v) is 1.15. The average Bonchev–Trinajstić information content (AvgIpc) is 2.17. The fourth-order valence-electron chi connectivity index (χ4n) is 1.15. The maximum Gasteiger partial charge on any atom is 0.0175 e. The molecule has 0 heterocycles. The third-order valence-corrected chi connectivity index (χ3v) is 2.29. The first kappa shape index (κ1) is 12.8. The van der Waals surface area contributed by atoms with Crippen LogP contribution in [0.25, 0.3) is 0 Å². The highest BCUT2D eigenvalue weighted by Crippen LogP contribution is 2.11. The van der Waals surface area contributed by atoms with E-state index in [0.29, 0.717) is 0 Å². The Hall–Kier alpha value is -1.18. The highest BCUT2D eigenvalue weighted by molar-refractivity contribution is 5.35. The molecule has 0 spiro atoms. The minimum atomic E-state index is 0.995. The van der Waals surface area contributed by atoms with Gasteiger partial charge in [-0.15, -0.1) is 0 Å². The molecule has 0 aromatic carbocycles. The van der Waals surface area contributed by atoms with Crippen molar-refractivity contribution in [3.05, 3.63) is 35.7 Å². The van der Waals surface area contributed by atoms with Gasteiger partial charge in [-0.05, 0) is 25.0 Å². The topological polar surface area (TPSA) is 15.3 Å². The minimum Gasteiger partial charge on any atom is -0.391 e. The lowest BCUT2D eigenvalue weighted by Crippen LogP contribution is -2.10. The van der Waals surface area contributed by atoms with Gasteiger partial charge in [0.05, 0.1) is 0 Å². The summed E-state index contributed by atoms with van der Waals surface area (Å²) in [6.45, 7) is 8.05. The van der Waals surface area contributed by atoms with Crippen molar-refractivity contribution in [2.24, 2.45) is 0 Å². The molecule has 14 heavy (non-hydrogen) atoms. The monoisotopic (exact) mass is 194 g/mol. The molecule has 0 aromatic rings. The molecule has 0 saturated heterocycles. The van der Waals surface area contributed by atoms with Crippen LogP contribution >= 0.6 is 0 Å². The maximum absolute atomic E-state index is 3.83. The Morgan fingerprint density at radius 2 is 2.00 bits per heavy atom. The van der Waals surface area contributed by atoms with Crippen LogP contribution in [-0.2, 0) is 0 Å². The predicted molar refractivity (Wildman–Crippen MR) is 64.0 cm³/mol. The third-order valence-electron chi connectivity index (χ3n) is 2.29. The second-order valence-electron chi connectivity index (χ2n) is 3.42. The molecular formula is C12H22N2. The van der Waals surface area contributed by atoms with Crippen LogP contribution in [-0.4, -0.2) is 26.0 Å². The van der Waals surface area contributed by atoms with Crippen molar-refractivity contribution < 1.29 is 0 Å². The molecule has 0 fully saturated rings. The zero-order valence-electron chi connectivity index (χ0n) is 10.0. The van der Waals surface area contributed by atoms with E-state index in [0.717, 1.165) is 6.42 Å². The normalized spacial score (nSPS) is 13.4. The van der Waals surface area contributed by atoms with Crippen LogP contribution in [0.15, 0.2) is 35.7 Å². The lowest BCUT2D eigenvalue weighted by atomic mass is 10.1. The number of nitrogens with zero attached hydrogens (tertiary/aromatic N) is 1. The lowest BCUT2D eigenvalue weighted by molar-refractivity contribution is 0.513. The molecule has 0 amide bonds. The Balaban J connectivity index is 4.99. The van der Waals surface area contributed by atoms with Gasteiger partial charge in [0.15, 0.2) is 0 Å². The van der Waals surface area contributed by atoms with Gasteiger partial charge in [-0.2, -0.15) is 0 Å². The predicted octanol–water partition coefficient (Wildman–Crippen LogP) is 2.52. The van der Waals surface area contributed by atoms with E-state index in [4.69, 9.17) is 0 Å². The van der Waals surface area contributed by atoms with Gasteiger partial charge in [-0.3, -0.25) is 0 Å². The molecule has 0 rings (SSSR count). The van der Waals surface area contributed by atoms with E-state index < -0.39 is 0 Å². The summed E-state index contributed by atoms with van der Waals surface area (Å²) >= 11 is 0. The molecule has 0 aliphatic rings. The Morgan fingerprint density at radius 3 is 2.29 bits per heavy atom. The Morgan fingerprint density at radius 1 is 1.43 bits per heavy atom. The Labute approximate surface area is 88.0 Å². The van der Waals surface area contributed by atoms with Gasteiger partial charge in [0.1, 0.15) is 0 Å². The summed E-state index contributed by atoms with van der Waals surface area (Å²) in [6.07, 6.45) is 5.03. The van der Waals surface area contributed by atoms with E-state index in [9.17, 15) is 0 Å². The summed E-state index contributed by atoms with van der Waals surface area (Å²) in [5, 5.41) is 3.19. The quantitative estimate of drug-likeness (QED) is 0.677. The Bertz CT molecular complexity index is 241. The molecule has 80 valence electrons. The smallest absolute Gasteiger partial charge is 0.0175 e. The Kier molecular flexibility index (Phi) is 5.77. The summed E-state index contributed by atoms with van der Waals surface area (Å²) < 4.78 is 0. The molecular weight excluding hydrogens is 172 g/mol. The molecule has 2 nitrogen and oxygen atoms in total. The van der Waals surface area contributed by atoms with E-state index in [2.05, 4.69) is 36.7 Å². The molecule has 2 heteroatoms. The van der Waals surface area contributed by atoms with Crippen molar-refractivity contribution in [2.45, 2.75) is 20.3 Å². The van der Waals surface area contributed by atoms with E-state index in [1.807, 2.05) is 27.2 Å². The second-order valence-corrected chi connectivity index (χ2v) is 3.42. The van der Waals surface area contributed by atoms with Crippen LogP contribution in [0.5, 0.6) is 0 Å². The molecule has 0 atom stereocenters. The van der Waals surface area contributed by atoms with Crippen molar-refractivity contribution in [1.29, 1.82) is 0 Å². The first-order valence-electron chi connectivity index (χ1n) is 4.95. The SMILES string of the molecule is C=CC(/C=C(\C)N(C)C)=C(\CC)NC. The molecule has 0 radical (unpaired) electrons. The number of nitrogens with one attached hydrogen (secondary N) is 1. The van der Waals surface area contributed by atoms with E-state index in [-0.39, 0.29) is 0 Å². The van der Waals surface area contributed by atoms with Gasteiger partial charge < -0.3 is 10.2 Å². The number of rotatable bonds is 5. The summed E-state index contributed by atoms with van der Waals surface area (Å²) in [5.41, 5.74) is 3.61. The largest absolute Gasteiger partial charge is 0.391 e. The third kappa shape index (κ3) is 3.69. The first-order chi connectivity index (χ1) is 6.56. The van der Waals surface area contributed by atoms with Crippen LogP contribution in [0.4, 0.5) is 0 Å². The summed E-state index contributed by atoms with van der Waals surface area (Å²) in [7, 11) is 6.02. The van der Waals surface area contributed by atoms with Crippen molar-refractivity contribution in [1.82, 2.24) is 10.2 Å². The fraction of sp³-hybridized carbons (Fsp3) is 0.500. The molecule has 1 N–H and O–H groups in total. The standard InChI is InChI=1S/C12H22N2/c1-7-11(12(8-2)13-4)9-10(3)14(5)6/h7,9,13H,1,8H2,2-6H3/b10-9+,12-11-. The van der Waals surface area contributed by atoms with Gasteiger partial charge in [0.2, 0.25) is 0 Å². The maximum atomic E-state index is 3.83. The van der Waals surface area contributed by atoms with Gasteiger partial charge >= 0.3 is 0 Å².